The Bertz CT molecular complexity index is 758. The van der Waals surface area contributed by atoms with Crippen LogP contribution in [0.15, 0.2) is 30.6 Å². The molecule has 4 rings (SSSR count). The van der Waals surface area contributed by atoms with E-state index in [-0.39, 0.29) is 5.69 Å². The summed E-state index contributed by atoms with van der Waals surface area (Å²) < 4.78 is 38.2. The molecular formula is C17H18F2N4O2. The highest BCUT2D eigenvalue weighted by Crippen LogP contribution is 2.33. The number of benzene rings is 1. The minimum atomic E-state index is -0.671. The van der Waals surface area contributed by atoms with E-state index in [9.17, 15) is 8.78 Å². The largest absolute Gasteiger partial charge is 0.356 e. The van der Waals surface area contributed by atoms with Crippen molar-refractivity contribution in [3.63, 3.8) is 0 Å². The van der Waals surface area contributed by atoms with Gasteiger partial charge in [-0.05, 0) is 12.1 Å². The first-order valence-electron chi connectivity index (χ1n) is 8.21. The molecule has 132 valence electrons. The first-order valence-corrected chi connectivity index (χ1v) is 8.21. The van der Waals surface area contributed by atoms with Crippen LogP contribution in [0.25, 0.3) is 0 Å². The minimum Gasteiger partial charge on any atom is -0.356 e. The summed E-state index contributed by atoms with van der Waals surface area (Å²) in [5.41, 5.74) is 0.163. The molecule has 0 bridgehead atoms. The monoisotopic (exact) mass is 348 g/mol. The van der Waals surface area contributed by atoms with Crippen LogP contribution in [0.5, 0.6) is 0 Å². The molecule has 0 unspecified atom stereocenters. The Labute approximate surface area is 143 Å². The Hall–Kier alpha value is -2.32. The number of nitrogens with one attached hydrogen (secondary N) is 1. The molecule has 25 heavy (non-hydrogen) atoms. The van der Waals surface area contributed by atoms with Gasteiger partial charge < -0.3 is 19.7 Å². The summed E-state index contributed by atoms with van der Waals surface area (Å²) in [5, 5.41) is 2.86. The van der Waals surface area contributed by atoms with Crippen molar-refractivity contribution in [2.75, 3.05) is 36.5 Å². The number of piperidine rings is 1. The second kappa shape index (κ2) is 6.53. The van der Waals surface area contributed by atoms with Crippen molar-refractivity contribution in [2.45, 2.75) is 18.6 Å². The number of hydrogen-bond donors (Lipinski definition) is 1. The lowest BCUT2D eigenvalue weighted by molar-refractivity contribution is -0.169. The lowest BCUT2D eigenvalue weighted by atomic mass is 10.0. The maximum absolute atomic E-state index is 13.8. The topological polar surface area (TPSA) is 59.5 Å². The molecule has 2 aliphatic rings. The highest BCUT2D eigenvalue weighted by molar-refractivity contribution is 5.59. The third kappa shape index (κ3) is 3.40. The fourth-order valence-electron chi connectivity index (χ4n) is 3.18. The third-order valence-corrected chi connectivity index (χ3v) is 4.51. The molecule has 3 heterocycles. The smallest absolute Gasteiger partial charge is 0.171 e. The minimum absolute atomic E-state index is 0.163. The van der Waals surface area contributed by atoms with Crippen molar-refractivity contribution in [1.82, 2.24) is 9.97 Å². The van der Waals surface area contributed by atoms with Gasteiger partial charge in [0, 0.05) is 38.1 Å². The predicted molar refractivity (Wildman–Crippen MR) is 87.8 cm³/mol. The van der Waals surface area contributed by atoms with Gasteiger partial charge >= 0.3 is 0 Å². The molecule has 6 nitrogen and oxygen atoms in total. The number of hydrogen-bond acceptors (Lipinski definition) is 6. The van der Waals surface area contributed by atoms with Gasteiger partial charge in [-0.2, -0.15) is 0 Å². The predicted octanol–water partition coefficient (Wildman–Crippen LogP) is 2.84. The summed E-state index contributed by atoms with van der Waals surface area (Å²) in [5.74, 6) is -0.542. The van der Waals surface area contributed by atoms with Gasteiger partial charge in [-0.1, -0.05) is 0 Å². The molecule has 1 aromatic heterocycles. The van der Waals surface area contributed by atoms with Gasteiger partial charge in [-0.25, -0.2) is 18.7 Å². The summed E-state index contributed by atoms with van der Waals surface area (Å²) in [4.78, 5) is 10.5. The van der Waals surface area contributed by atoms with Crippen LogP contribution in [-0.2, 0) is 9.47 Å². The van der Waals surface area contributed by atoms with Gasteiger partial charge in [-0.3, -0.25) is 0 Å². The molecule has 1 spiro atoms. The van der Waals surface area contributed by atoms with Crippen molar-refractivity contribution in [3.8, 4) is 0 Å². The highest BCUT2D eigenvalue weighted by atomic mass is 19.1. The van der Waals surface area contributed by atoms with Gasteiger partial charge in [0.1, 0.15) is 29.6 Å². The number of anilines is 3. The van der Waals surface area contributed by atoms with Crippen molar-refractivity contribution < 1.29 is 18.3 Å². The van der Waals surface area contributed by atoms with Gasteiger partial charge in [0.05, 0.1) is 18.9 Å². The number of nitrogens with zero attached hydrogens (tertiary/aromatic N) is 3. The maximum atomic E-state index is 13.8. The summed E-state index contributed by atoms with van der Waals surface area (Å²) in [6.45, 7) is 2.79. The number of aromatic nitrogens is 2. The molecular weight excluding hydrogens is 330 g/mol. The Morgan fingerprint density at radius 2 is 1.80 bits per heavy atom. The molecule has 2 aliphatic heterocycles. The van der Waals surface area contributed by atoms with E-state index in [4.69, 9.17) is 9.47 Å². The molecule has 0 amide bonds. The van der Waals surface area contributed by atoms with Crippen LogP contribution in [0.3, 0.4) is 0 Å². The number of rotatable bonds is 3. The molecule has 2 fully saturated rings. The van der Waals surface area contributed by atoms with Crippen LogP contribution in [-0.4, -0.2) is 42.1 Å². The van der Waals surface area contributed by atoms with Gasteiger partial charge in [-0.15, -0.1) is 0 Å². The summed E-state index contributed by atoms with van der Waals surface area (Å²) in [6.07, 6.45) is 2.96. The molecule has 2 saturated heterocycles. The zero-order valence-corrected chi connectivity index (χ0v) is 13.5. The second-order valence-corrected chi connectivity index (χ2v) is 6.11. The molecule has 1 aromatic carbocycles. The van der Waals surface area contributed by atoms with E-state index >= 15 is 0 Å². The summed E-state index contributed by atoms with van der Waals surface area (Å²) >= 11 is 0. The average molecular weight is 348 g/mol. The third-order valence-electron chi connectivity index (χ3n) is 4.51. The number of halogens is 2. The van der Waals surface area contributed by atoms with E-state index < -0.39 is 17.4 Å². The van der Waals surface area contributed by atoms with Crippen molar-refractivity contribution in [1.29, 1.82) is 0 Å². The first-order chi connectivity index (χ1) is 12.1. The zero-order chi connectivity index (χ0) is 17.3. The van der Waals surface area contributed by atoms with Crippen LogP contribution in [0.1, 0.15) is 12.8 Å². The van der Waals surface area contributed by atoms with E-state index in [1.807, 2.05) is 0 Å². The average Bonchev–Trinajstić information content (AvgIpc) is 3.06. The van der Waals surface area contributed by atoms with E-state index in [0.29, 0.717) is 19.0 Å². The molecule has 0 atom stereocenters. The normalized spacial score (nSPS) is 19.4. The molecule has 8 heteroatoms. The standard InChI is InChI=1S/C17H18F2N4O2/c18-12-1-2-14(13(19)9-12)22-15-10-16(21-11-20-15)23-5-3-17(4-6-23)24-7-8-25-17/h1-2,9-11H,3-8H2,(H,20,21,22). The lowest BCUT2D eigenvalue weighted by Crippen LogP contribution is -2.45. The van der Waals surface area contributed by atoms with E-state index in [0.717, 1.165) is 37.8 Å². The molecule has 2 aromatic rings. The quantitative estimate of drug-likeness (QED) is 0.920. The molecule has 0 saturated carbocycles. The highest BCUT2D eigenvalue weighted by Gasteiger charge is 2.40. The Balaban J connectivity index is 1.46. The van der Waals surface area contributed by atoms with Crippen LogP contribution >= 0.6 is 0 Å². The molecule has 1 N–H and O–H groups in total. The van der Waals surface area contributed by atoms with Crippen molar-refractivity contribution in [3.05, 3.63) is 42.2 Å². The van der Waals surface area contributed by atoms with Crippen LogP contribution in [0, 0.1) is 11.6 Å². The van der Waals surface area contributed by atoms with Gasteiger partial charge in [0.15, 0.2) is 5.79 Å². The maximum Gasteiger partial charge on any atom is 0.171 e. The second-order valence-electron chi connectivity index (χ2n) is 6.11. The van der Waals surface area contributed by atoms with Crippen molar-refractivity contribution in [2.24, 2.45) is 0 Å². The van der Waals surface area contributed by atoms with Crippen LogP contribution in [0.4, 0.5) is 26.1 Å². The summed E-state index contributed by atoms with van der Waals surface area (Å²) in [7, 11) is 0. The van der Waals surface area contributed by atoms with Crippen molar-refractivity contribution >= 4 is 17.3 Å². The SMILES string of the molecule is Fc1ccc(Nc2cc(N3CCC4(CC3)OCCO4)ncn2)c(F)c1. The Morgan fingerprint density at radius 1 is 1.04 bits per heavy atom. The van der Waals surface area contributed by atoms with Gasteiger partial charge in [0.2, 0.25) is 0 Å². The fourth-order valence-corrected chi connectivity index (χ4v) is 3.18. The Morgan fingerprint density at radius 3 is 2.52 bits per heavy atom. The van der Waals surface area contributed by atoms with E-state index in [2.05, 4.69) is 20.2 Å². The van der Waals surface area contributed by atoms with E-state index in [1.54, 1.807) is 6.07 Å². The molecule has 0 aliphatic carbocycles. The van der Waals surface area contributed by atoms with E-state index in [1.165, 1.54) is 18.5 Å². The zero-order valence-electron chi connectivity index (χ0n) is 13.5. The lowest BCUT2D eigenvalue weighted by Gasteiger charge is -2.38. The van der Waals surface area contributed by atoms with Gasteiger partial charge in [0.25, 0.3) is 0 Å². The fraction of sp³-hybridized carbons (Fsp3) is 0.412. The Kier molecular flexibility index (Phi) is 4.22. The van der Waals surface area contributed by atoms with Crippen LogP contribution < -0.4 is 10.2 Å². The van der Waals surface area contributed by atoms with Crippen LogP contribution in [0.2, 0.25) is 0 Å². The molecule has 0 radical (unpaired) electrons. The number of ether oxygens (including phenoxy) is 2. The first kappa shape index (κ1) is 16.2. The summed E-state index contributed by atoms with van der Waals surface area (Å²) in [6, 6.07) is 5.11.